The Kier molecular flexibility index (Phi) is 3.99. The van der Waals surface area contributed by atoms with E-state index in [1.54, 1.807) is 7.11 Å². The molecule has 3 aromatic rings. The van der Waals surface area contributed by atoms with Crippen molar-refractivity contribution < 1.29 is 9.47 Å². The minimum absolute atomic E-state index is 0.166. The number of fused-ring (bicyclic) bond motifs is 2. The third kappa shape index (κ3) is 2.38. The minimum Gasteiger partial charge on any atom is -0.496 e. The predicted octanol–water partition coefficient (Wildman–Crippen LogP) is 4.94. The van der Waals surface area contributed by atoms with Gasteiger partial charge < -0.3 is 9.47 Å². The number of hydrogen-bond acceptors (Lipinski definition) is 2. The molecule has 122 valence electrons. The Labute approximate surface area is 143 Å². The molecule has 4 rings (SSSR count). The topological polar surface area (TPSA) is 18.5 Å². The van der Waals surface area contributed by atoms with Gasteiger partial charge in [-0.15, -0.1) is 0 Å². The zero-order valence-electron chi connectivity index (χ0n) is 14.2. The van der Waals surface area contributed by atoms with Gasteiger partial charge in [0.15, 0.2) is 0 Å². The highest BCUT2D eigenvalue weighted by atomic mass is 16.5. The Morgan fingerprint density at radius 1 is 0.875 bits per heavy atom. The highest BCUT2D eigenvalue weighted by Crippen LogP contribution is 2.44. The molecule has 0 spiro atoms. The Morgan fingerprint density at radius 3 is 2.50 bits per heavy atom. The van der Waals surface area contributed by atoms with E-state index in [0.29, 0.717) is 0 Å². The molecule has 0 saturated heterocycles. The number of rotatable bonds is 3. The summed E-state index contributed by atoms with van der Waals surface area (Å²) in [6.45, 7) is 0. The molecule has 24 heavy (non-hydrogen) atoms. The average Bonchev–Trinajstić information content (AvgIpc) is 2.66. The third-order valence-electron chi connectivity index (χ3n) is 5.22. The van der Waals surface area contributed by atoms with Crippen LogP contribution in [0.5, 0.6) is 5.75 Å². The van der Waals surface area contributed by atoms with Crippen LogP contribution in [0.1, 0.15) is 29.0 Å². The maximum Gasteiger partial charge on any atom is 0.123 e. The molecule has 2 heteroatoms. The molecule has 2 nitrogen and oxygen atoms in total. The Bertz CT molecular complexity index is 869. The van der Waals surface area contributed by atoms with Gasteiger partial charge in [0.25, 0.3) is 0 Å². The maximum absolute atomic E-state index is 5.91. The molecule has 2 atom stereocenters. The first kappa shape index (κ1) is 15.2. The summed E-state index contributed by atoms with van der Waals surface area (Å²) in [5.74, 6) is 1.14. The molecular formula is C22H22O2. The van der Waals surface area contributed by atoms with Gasteiger partial charge in [0, 0.05) is 18.6 Å². The molecule has 0 fully saturated rings. The lowest BCUT2D eigenvalue weighted by Crippen LogP contribution is -2.28. The van der Waals surface area contributed by atoms with E-state index in [4.69, 9.17) is 9.47 Å². The fraction of sp³-hybridized carbons (Fsp3) is 0.273. The van der Waals surface area contributed by atoms with Crippen LogP contribution in [0.3, 0.4) is 0 Å². The summed E-state index contributed by atoms with van der Waals surface area (Å²) in [6, 6.07) is 21.5. The molecule has 0 radical (unpaired) electrons. The first-order valence-electron chi connectivity index (χ1n) is 8.49. The molecule has 0 amide bonds. The minimum atomic E-state index is 0.166. The first-order valence-corrected chi connectivity index (χ1v) is 8.49. The van der Waals surface area contributed by atoms with E-state index in [0.717, 1.165) is 18.6 Å². The van der Waals surface area contributed by atoms with Gasteiger partial charge in [-0.05, 0) is 40.8 Å². The molecule has 0 bridgehead atoms. The highest BCUT2D eigenvalue weighted by Gasteiger charge is 2.33. The maximum atomic E-state index is 5.91. The van der Waals surface area contributed by atoms with Crippen LogP contribution in [-0.2, 0) is 11.2 Å². The molecule has 2 unspecified atom stereocenters. The average molecular weight is 318 g/mol. The Morgan fingerprint density at radius 2 is 1.67 bits per heavy atom. The summed E-state index contributed by atoms with van der Waals surface area (Å²) < 4.78 is 11.7. The monoisotopic (exact) mass is 318 g/mol. The SMILES string of the molecule is COc1ccc2ccccc2c1C1c2ccccc2CCC1OC. The van der Waals surface area contributed by atoms with Gasteiger partial charge in [-0.3, -0.25) is 0 Å². The van der Waals surface area contributed by atoms with E-state index in [2.05, 4.69) is 60.7 Å². The fourth-order valence-corrected chi connectivity index (χ4v) is 4.10. The van der Waals surface area contributed by atoms with E-state index >= 15 is 0 Å². The standard InChI is InChI=1S/C22H22O2/c1-23-19-13-11-15-7-3-5-9-17(15)21(19)22-18-10-6-4-8-16(18)12-14-20(22)24-2/h3-11,13,20,22H,12,14H2,1-2H3. The molecular weight excluding hydrogens is 296 g/mol. The van der Waals surface area contributed by atoms with Crippen LogP contribution in [0.4, 0.5) is 0 Å². The van der Waals surface area contributed by atoms with Gasteiger partial charge in [0.1, 0.15) is 5.75 Å². The van der Waals surface area contributed by atoms with E-state index in [9.17, 15) is 0 Å². The van der Waals surface area contributed by atoms with Gasteiger partial charge in [0.05, 0.1) is 13.2 Å². The molecule has 1 aliphatic rings. The van der Waals surface area contributed by atoms with Gasteiger partial charge in [-0.1, -0.05) is 54.6 Å². The quantitative estimate of drug-likeness (QED) is 0.681. The molecule has 0 saturated carbocycles. The fourth-order valence-electron chi connectivity index (χ4n) is 4.10. The molecule has 0 aromatic heterocycles. The Hall–Kier alpha value is -2.32. The summed E-state index contributed by atoms with van der Waals surface area (Å²) in [4.78, 5) is 0. The van der Waals surface area contributed by atoms with Gasteiger partial charge in [0.2, 0.25) is 0 Å². The van der Waals surface area contributed by atoms with Gasteiger partial charge in [-0.2, -0.15) is 0 Å². The lowest BCUT2D eigenvalue weighted by Gasteiger charge is -2.34. The van der Waals surface area contributed by atoms with Crippen molar-refractivity contribution >= 4 is 10.8 Å². The summed E-state index contributed by atoms with van der Waals surface area (Å²) in [5, 5.41) is 2.49. The van der Waals surface area contributed by atoms with E-state index < -0.39 is 0 Å². The second-order valence-electron chi connectivity index (χ2n) is 6.39. The first-order chi connectivity index (χ1) is 11.8. The summed E-state index contributed by atoms with van der Waals surface area (Å²) in [5.41, 5.74) is 4.03. The van der Waals surface area contributed by atoms with E-state index in [1.807, 2.05) is 7.11 Å². The van der Waals surface area contributed by atoms with Gasteiger partial charge in [-0.25, -0.2) is 0 Å². The number of methoxy groups -OCH3 is 2. The normalized spacial score (nSPS) is 19.9. The zero-order chi connectivity index (χ0) is 16.5. The summed E-state index contributed by atoms with van der Waals surface area (Å²) in [7, 11) is 3.58. The summed E-state index contributed by atoms with van der Waals surface area (Å²) in [6.07, 6.45) is 2.27. The second-order valence-corrected chi connectivity index (χ2v) is 6.39. The number of ether oxygens (including phenoxy) is 2. The summed E-state index contributed by atoms with van der Waals surface area (Å²) >= 11 is 0. The Balaban J connectivity index is 2.01. The van der Waals surface area contributed by atoms with E-state index in [-0.39, 0.29) is 12.0 Å². The molecule has 0 aliphatic heterocycles. The lowest BCUT2D eigenvalue weighted by atomic mass is 9.75. The number of hydrogen-bond donors (Lipinski definition) is 0. The van der Waals surface area contributed by atoms with Crippen molar-refractivity contribution in [1.29, 1.82) is 0 Å². The van der Waals surface area contributed by atoms with E-state index in [1.165, 1.54) is 27.5 Å². The van der Waals surface area contributed by atoms with Crippen LogP contribution in [0.25, 0.3) is 10.8 Å². The van der Waals surface area contributed by atoms with Crippen LogP contribution < -0.4 is 4.74 Å². The second kappa shape index (κ2) is 6.29. The van der Waals surface area contributed by atoms with Crippen molar-refractivity contribution in [2.24, 2.45) is 0 Å². The van der Waals surface area contributed by atoms with Crippen LogP contribution >= 0.6 is 0 Å². The molecule has 1 aliphatic carbocycles. The van der Waals surface area contributed by atoms with Crippen molar-refractivity contribution in [2.75, 3.05) is 14.2 Å². The van der Waals surface area contributed by atoms with Crippen LogP contribution in [-0.4, -0.2) is 20.3 Å². The van der Waals surface area contributed by atoms with Crippen molar-refractivity contribution in [3.8, 4) is 5.75 Å². The van der Waals surface area contributed by atoms with Crippen molar-refractivity contribution in [1.82, 2.24) is 0 Å². The van der Waals surface area contributed by atoms with Crippen LogP contribution in [0.15, 0.2) is 60.7 Å². The number of aryl methyl sites for hydroxylation is 1. The third-order valence-corrected chi connectivity index (χ3v) is 5.22. The number of benzene rings is 3. The molecule has 0 N–H and O–H groups in total. The van der Waals surface area contributed by atoms with Crippen molar-refractivity contribution in [3.63, 3.8) is 0 Å². The smallest absolute Gasteiger partial charge is 0.123 e. The molecule has 0 heterocycles. The van der Waals surface area contributed by atoms with Gasteiger partial charge >= 0.3 is 0 Å². The molecule has 3 aromatic carbocycles. The predicted molar refractivity (Wildman–Crippen MR) is 97.9 cm³/mol. The highest BCUT2D eigenvalue weighted by molar-refractivity contribution is 5.89. The zero-order valence-corrected chi connectivity index (χ0v) is 14.2. The van der Waals surface area contributed by atoms with Crippen LogP contribution in [0, 0.1) is 0 Å². The van der Waals surface area contributed by atoms with Crippen molar-refractivity contribution in [3.05, 3.63) is 77.4 Å². The van der Waals surface area contributed by atoms with Crippen molar-refractivity contribution in [2.45, 2.75) is 24.9 Å². The lowest BCUT2D eigenvalue weighted by molar-refractivity contribution is 0.0764. The largest absolute Gasteiger partial charge is 0.496 e. The van der Waals surface area contributed by atoms with Crippen LogP contribution in [0.2, 0.25) is 0 Å².